The molecule has 0 fully saturated rings. The fraction of sp³-hybridized carbons (Fsp3) is 0.0500. The van der Waals surface area contributed by atoms with Crippen LogP contribution >= 0.6 is 0 Å². The van der Waals surface area contributed by atoms with E-state index >= 15 is 0 Å². The molecule has 0 spiro atoms. The summed E-state index contributed by atoms with van der Waals surface area (Å²) in [6, 6.07) is 22.0. The van der Waals surface area contributed by atoms with Crippen LogP contribution in [-0.2, 0) is 6.42 Å². The zero-order chi connectivity index (χ0) is 17.9. The number of ether oxygens (including phenoxy) is 1. The summed E-state index contributed by atoms with van der Waals surface area (Å²) in [5, 5.41) is 10.9. The summed E-state index contributed by atoms with van der Waals surface area (Å²) in [6.07, 6.45) is 0.605. The molecule has 128 valence electrons. The number of benzene rings is 3. The molecule has 0 aliphatic heterocycles. The third-order valence-corrected chi connectivity index (χ3v) is 4.00. The van der Waals surface area contributed by atoms with Crippen LogP contribution in [0.15, 0.2) is 72.8 Å². The fourth-order valence-corrected chi connectivity index (χ4v) is 2.74. The number of imidazole rings is 1. The second-order valence-electron chi connectivity index (χ2n) is 5.88. The maximum Gasteiger partial charge on any atom is 0.271 e. The number of nitro benzene ring substituents is 1. The first-order valence-corrected chi connectivity index (χ1v) is 8.12. The number of hydrogen-bond acceptors (Lipinski definition) is 4. The summed E-state index contributed by atoms with van der Waals surface area (Å²) in [6.45, 7) is 0. The summed E-state index contributed by atoms with van der Waals surface area (Å²) in [5.74, 6) is 2.32. The third-order valence-electron chi connectivity index (χ3n) is 4.00. The van der Waals surface area contributed by atoms with Crippen molar-refractivity contribution < 1.29 is 9.66 Å². The lowest BCUT2D eigenvalue weighted by Crippen LogP contribution is -1.91. The van der Waals surface area contributed by atoms with Crippen molar-refractivity contribution in [2.45, 2.75) is 6.42 Å². The van der Waals surface area contributed by atoms with Gasteiger partial charge in [-0.05, 0) is 35.9 Å². The molecule has 0 amide bonds. The SMILES string of the molecule is O=[N+]([O-])c1ccc2nc(Cc3ccc(Oc4ccccc4)cc3)[nH]c2c1. The number of hydrogen-bond donors (Lipinski definition) is 1. The Hall–Kier alpha value is -3.67. The Bertz CT molecular complexity index is 1060. The van der Waals surface area contributed by atoms with Gasteiger partial charge in [0.05, 0.1) is 16.0 Å². The molecule has 0 unspecified atom stereocenters. The van der Waals surface area contributed by atoms with Crippen molar-refractivity contribution in [2.24, 2.45) is 0 Å². The van der Waals surface area contributed by atoms with Crippen molar-refractivity contribution in [1.82, 2.24) is 9.97 Å². The molecule has 0 aliphatic rings. The van der Waals surface area contributed by atoms with E-state index in [1.165, 1.54) is 12.1 Å². The monoisotopic (exact) mass is 345 g/mol. The van der Waals surface area contributed by atoms with Crippen LogP contribution < -0.4 is 4.74 Å². The van der Waals surface area contributed by atoms with Crippen molar-refractivity contribution >= 4 is 16.7 Å². The molecule has 0 aliphatic carbocycles. The van der Waals surface area contributed by atoms with Crippen molar-refractivity contribution in [1.29, 1.82) is 0 Å². The third kappa shape index (κ3) is 3.39. The Balaban J connectivity index is 1.50. The first-order valence-electron chi connectivity index (χ1n) is 8.12. The number of aromatic nitrogens is 2. The second-order valence-corrected chi connectivity index (χ2v) is 5.88. The van der Waals surface area contributed by atoms with Crippen LogP contribution in [-0.4, -0.2) is 14.9 Å². The van der Waals surface area contributed by atoms with Crippen LogP contribution in [0.1, 0.15) is 11.4 Å². The van der Waals surface area contributed by atoms with Crippen molar-refractivity contribution in [3.63, 3.8) is 0 Å². The molecule has 1 heterocycles. The normalized spacial score (nSPS) is 10.8. The highest BCUT2D eigenvalue weighted by molar-refractivity contribution is 5.77. The van der Waals surface area contributed by atoms with Crippen LogP contribution in [0.2, 0.25) is 0 Å². The number of non-ortho nitro benzene ring substituents is 1. The van der Waals surface area contributed by atoms with Crippen LogP contribution in [0, 0.1) is 10.1 Å². The van der Waals surface area contributed by atoms with E-state index in [-0.39, 0.29) is 5.69 Å². The molecule has 0 atom stereocenters. The number of para-hydroxylation sites is 1. The van der Waals surface area contributed by atoms with Gasteiger partial charge in [0.25, 0.3) is 5.69 Å². The van der Waals surface area contributed by atoms with E-state index in [0.29, 0.717) is 11.9 Å². The number of rotatable bonds is 5. The molecule has 4 aromatic rings. The van der Waals surface area contributed by atoms with Crippen LogP contribution in [0.3, 0.4) is 0 Å². The second kappa shape index (κ2) is 6.68. The first-order chi connectivity index (χ1) is 12.7. The van der Waals surface area contributed by atoms with Crippen LogP contribution in [0.5, 0.6) is 11.5 Å². The average Bonchev–Trinajstić information content (AvgIpc) is 3.05. The molecule has 6 nitrogen and oxygen atoms in total. The van der Waals surface area contributed by atoms with Gasteiger partial charge in [-0.3, -0.25) is 10.1 Å². The average molecular weight is 345 g/mol. The summed E-state index contributed by atoms with van der Waals surface area (Å²) in [7, 11) is 0. The minimum Gasteiger partial charge on any atom is -0.457 e. The fourth-order valence-electron chi connectivity index (χ4n) is 2.74. The van der Waals surface area contributed by atoms with Gasteiger partial charge in [0, 0.05) is 18.6 Å². The van der Waals surface area contributed by atoms with Crippen LogP contribution in [0.25, 0.3) is 11.0 Å². The van der Waals surface area contributed by atoms with Gasteiger partial charge in [0.2, 0.25) is 0 Å². The Morgan fingerprint density at radius 3 is 2.42 bits per heavy atom. The maximum absolute atomic E-state index is 10.9. The van der Waals surface area contributed by atoms with E-state index in [4.69, 9.17) is 4.74 Å². The molecule has 0 radical (unpaired) electrons. The number of H-pyrrole nitrogens is 1. The van der Waals surface area contributed by atoms with Crippen LogP contribution in [0.4, 0.5) is 5.69 Å². The molecule has 6 heteroatoms. The van der Waals surface area contributed by atoms with Crippen molar-refractivity contribution in [3.05, 3.63) is 94.3 Å². The highest BCUT2D eigenvalue weighted by Crippen LogP contribution is 2.23. The van der Waals surface area contributed by atoms with Crippen molar-refractivity contribution in [2.75, 3.05) is 0 Å². The topological polar surface area (TPSA) is 81.1 Å². The van der Waals surface area contributed by atoms with E-state index < -0.39 is 4.92 Å². The Morgan fingerprint density at radius 1 is 0.962 bits per heavy atom. The molecule has 4 rings (SSSR count). The van der Waals surface area contributed by atoms with Gasteiger partial charge in [-0.2, -0.15) is 0 Å². The van der Waals surface area contributed by atoms with E-state index in [0.717, 1.165) is 28.4 Å². The number of nitrogens with one attached hydrogen (secondary N) is 1. The van der Waals surface area contributed by atoms with Gasteiger partial charge in [-0.25, -0.2) is 4.98 Å². The van der Waals surface area contributed by atoms with Gasteiger partial charge < -0.3 is 9.72 Å². The smallest absolute Gasteiger partial charge is 0.271 e. The van der Waals surface area contributed by atoms with Crippen molar-refractivity contribution in [3.8, 4) is 11.5 Å². The first kappa shape index (κ1) is 15.8. The zero-order valence-corrected chi connectivity index (χ0v) is 13.8. The van der Waals surface area contributed by atoms with E-state index in [9.17, 15) is 10.1 Å². The molecule has 26 heavy (non-hydrogen) atoms. The van der Waals surface area contributed by atoms with Gasteiger partial charge in [-0.1, -0.05) is 30.3 Å². The number of nitrogens with zero attached hydrogens (tertiary/aromatic N) is 2. The largest absolute Gasteiger partial charge is 0.457 e. The lowest BCUT2D eigenvalue weighted by Gasteiger charge is -2.06. The lowest BCUT2D eigenvalue weighted by atomic mass is 10.1. The minimum atomic E-state index is -0.411. The number of fused-ring (bicyclic) bond motifs is 1. The van der Waals surface area contributed by atoms with E-state index in [2.05, 4.69) is 9.97 Å². The quantitative estimate of drug-likeness (QED) is 0.414. The van der Waals surface area contributed by atoms with Gasteiger partial charge >= 0.3 is 0 Å². The van der Waals surface area contributed by atoms with E-state index in [1.54, 1.807) is 6.07 Å². The van der Waals surface area contributed by atoms with E-state index in [1.807, 2.05) is 54.6 Å². The van der Waals surface area contributed by atoms with Gasteiger partial charge in [-0.15, -0.1) is 0 Å². The molecule has 0 saturated carbocycles. The van der Waals surface area contributed by atoms with Gasteiger partial charge in [0.15, 0.2) is 0 Å². The molecule has 0 bridgehead atoms. The maximum atomic E-state index is 10.9. The zero-order valence-electron chi connectivity index (χ0n) is 13.8. The summed E-state index contributed by atoms with van der Waals surface area (Å²) < 4.78 is 5.78. The highest BCUT2D eigenvalue weighted by Gasteiger charge is 2.10. The minimum absolute atomic E-state index is 0.0510. The summed E-state index contributed by atoms with van der Waals surface area (Å²) >= 11 is 0. The molecular formula is C20H15N3O3. The Kier molecular flexibility index (Phi) is 4.07. The van der Waals surface area contributed by atoms with Gasteiger partial charge in [0.1, 0.15) is 17.3 Å². The highest BCUT2D eigenvalue weighted by atomic mass is 16.6. The molecular weight excluding hydrogens is 330 g/mol. The molecule has 1 aromatic heterocycles. The molecule has 3 aromatic carbocycles. The predicted molar refractivity (Wildman–Crippen MR) is 98.5 cm³/mol. The summed E-state index contributed by atoms with van der Waals surface area (Å²) in [4.78, 5) is 18.1. The number of nitro groups is 1. The lowest BCUT2D eigenvalue weighted by molar-refractivity contribution is -0.384. The summed E-state index contributed by atoms with van der Waals surface area (Å²) in [5.41, 5.74) is 2.50. The molecule has 1 N–H and O–H groups in total. The molecule has 0 saturated heterocycles. The number of aromatic amines is 1. The standard InChI is InChI=1S/C20H15N3O3/c24-23(25)15-8-11-18-19(13-15)22-20(21-18)12-14-6-9-17(10-7-14)26-16-4-2-1-3-5-16/h1-11,13H,12H2,(H,21,22). The Morgan fingerprint density at radius 2 is 1.69 bits per heavy atom. The predicted octanol–water partition coefficient (Wildman–Crippen LogP) is 4.85. The Labute approximate surface area is 149 Å².